The van der Waals surface area contributed by atoms with Gasteiger partial charge in [-0.15, -0.1) is 0 Å². The molecule has 0 fully saturated rings. The van der Waals surface area contributed by atoms with E-state index in [0.717, 1.165) is 36.4 Å². The molecule has 0 aliphatic rings. The maximum Gasteiger partial charge on any atom is 0.251 e. The van der Waals surface area contributed by atoms with E-state index in [9.17, 15) is 27.1 Å². The molecule has 232 valence electrons. The van der Waals surface area contributed by atoms with E-state index in [0.29, 0.717) is 30.2 Å². The fraction of sp³-hybridized carbons (Fsp3) is 0.355. The lowest BCUT2D eigenvalue weighted by Crippen LogP contribution is -2.48. The summed E-state index contributed by atoms with van der Waals surface area (Å²) in [6, 6.07) is 13.4. The minimum absolute atomic E-state index is 0.00470. The molecule has 0 spiro atoms. The quantitative estimate of drug-likeness (QED) is 0.134. The van der Waals surface area contributed by atoms with Crippen molar-refractivity contribution in [2.75, 3.05) is 26.5 Å². The van der Waals surface area contributed by atoms with E-state index in [2.05, 4.69) is 15.8 Å². The van der Waals surface area contributed by atoms with Crippen LogP contribution in [0.2, 0.25) is 0 Å². The second-order valence-corrected chi connectivity index (χ2v) is 12.2. The summed E-state index contributed by atoms with van der Waals surface area (Å²) in [5.74, 6) is -1.61. The van der Waals surface area contributed by atoms with Gasteiger partial charge in [-0.2, -0.15) is 0 Å². The predicted octanol–water partition coefficient (Wildman–Crippen LogP) is 4.02. The lowest BCUT2D eigenvalue weighted by molar-refractivity contribution is 0.0829. The van der Waals surface area contributed by atoms with Crippen LogP contribution in [0.15, 0.2) is 70.7 Å². The van der Waals surface area contributed by atoms with Crippen LogP contribution in [0.1, 0.15) is 47.3 Å². The smallest absolute Gasteiger partial charge is 0.251 e. The highest BCUT2D eigenvalue weighted by molar-refractivity contribution is 7.90. The molecule has 12 heteroatoms. The summed E-state index contributed by atoms with van der Waals surface area (Å²) in [5, 5.41) is 21.0. The van der Waals surface area contributed by atoms with Gasteiger partial charge in [-0.05, 0) is 73.4 Å². The number of rotatable bonds is 15. The highest BCUT2D eigenvalue weighted by atomic mass is 32.2. The molecular formula is C31H37F2N3O6S. The molecule has 0 aliphatic heterocycles. The van der Waals surface area contributed by atoms with E-state index in [1.54, 1.807) is 20.1 Å². The summed E-state index contributed by atoms with van der Waals surface area (Å²) >= 11 is 0. The molecular weight excluding hydrogens is 580 g/mol. The fourth-order valence-corrected chi connectivity index (χ4v) is 4.93. The molecule has 3 aromatic carbocycles. The highest BCUT2D eigenvalue weighted by Gasteiger charge is 2.24. The third kappa shape index (κ3) is 10.4. The summed E-state index contributed by atoms with van der Waals surface area (Å²) in [6.45, 7) is 4.30. The third-order valence-corrected chi connectivity index (χ3v) is 7.58. The number of benzene rings is 3. The summed E-state index contributed by atoms with van der Waals surface area (Å²) < 4.78 is 58.0. The van der Waals surface area contributed by atoms with E-state index >= 15 is 0 Å². The average Bonchev–Trinajstić information content (AvgIpc) is 2.95. The Kier molecular flexibility index (Phi) is 12.2. The molecule has 0 saturated carbocycles. The van der Waals surface area contributed by atoms with Crippen LogP contribution in [0.5, 0.6) is 5.75 Å². The van der Waals surface area contributed by atoms with Gasteiger partial charge in [0.2, 0.25) is 0 Å². The van der Waals surface area contributed by atoms with E-state index in [1.807, 2.05) is 25.1 Å². The SMILES string of the molecule is CCCON=C(C)c1cc(C(=O)N[C@@H](Cc2cc(F)cc(F)c2)[C@H](O)CNCc2cccc(OC)c2)cc(S(C)(=O)=O)c1. The average molecular weight is 618 g/mol. The predicted molar refractivity (Wildman–Crippen MR) is 160 cm³/mol. The van der Waals surface area contributed by atoms with Gasteiger partial charge in [-0.1, -0.05) is 24.2 Å². The zero-order valence-electron chi connectivity index (χ0n) is 24.6. The van der Waals surface area contributed by atoms with Crippen LogP contribution in [-0.2, 0) is 27.6 Å². The molecule has 0 heterocycles. The van der Waals surface area contributed by atoms with Gasteiger partial charge in [0.25, 0.3) is 5.91 Å². The maximum absolute atomic E-state index is 14.0. The van der Waals surface area contributed by atoms with Crippen molar-refractivity contribution in [1.29, 1.82) is 0 Å². The van der Waals surface area contributed by atoms with Crippen LogP contribution in [0, 0.1) is 11.6 Å². The monoisotopic (exact) mass is 617 g/mol. The second-order valence-electron chi connectivity index (χ2n) is 10.1. The molecule has 0 aliphatic carbocycles. The summed E-state index contributed by atoms with van der Waals surface area (Å²) in [6.07, 6.45) is 0.449. The minimum Gasteiger partial charge on any atom is -0.497 e. The number of hydrogen-bond acceptors (Lipinski definition) is 8. The Hall–Kier alpha value is -3.87. The van der Waals surface area contributed by atoms with Crippen molar-refractivity contribution in [2.24, 2.45) is 5.16 Å². The van der Waals surface area contributed by atoms with Gasteiger partial charge in [0.1, 0.15) is 24.0 Å². The third-order valence-electron chi connectivity index (χ3n) is 6.49. The van der Waals surface area contributed by atoms with Gasteiger partial charge in [-0.25, -0.2) is 17.2 Å². The van der Waals surface area contributed by atoms with Crippen LogP contribution >= 0.6 is 0 Å². The van der Waals surface area contributed by atoms with Crippen LogP contribution < -0.4 is 15.4 Å². The Morgan fingerprint density at radius 1 is 1.02 bits per heavy atom. The number of aliphatic hydroxyl groups excluding tert-OH is 1. The molecule has 0 saturated heterocycles. The van der Waals surface area contributed by atoms with E-state index in [1.165, 1.54) is 18.2 Å². The van der Waals surface area contributed by atoms with E-state index in [4.69, 9.17) is 9.57 Å². The van der Waals surface area contributed by atoms with Crippen LogP contribution in [0.3, 0.4) is 0 Å². The lowest BCUT2D eigenvalue weighted by atomic mass is 9.99. The highest BCUT2D eigenvalue weighted by Crippen LogP contribution is 2.19. The zero-order chi connectivity index (χ0) is 31.6. The molecule has 9 nitrogen and oxygen atoms in total. The van der Waals surface area contributed by atoms with Crippen molar-refractivity contribution in [2.45, 2.75) is 50.3 Å². The first-order valence-corrected chi connectivity index (χ1v) is 15.6. The number of halogens is 2. The fourth-order valence-electron chi connectivity index (χ4n) is 4.25. The first-order valence-electron chi connectivity index (χ1n) is 13.7. The molecule has 0 bridgehead atoms. The van der Waals surface area contributed by atoms with Crippen molar-refractivity contribution in [3.8, 4) is 5.75 Å². The number of aliphatic hydroxyl groups is 1. The number of carbonyl (C=O) groups excluding carboxylic acids is 1. The molecule has 0 aromatic heterocycles. The van der Waals surface area contributed by atoms with Gasteiger partial charge in [0.15, 0.2) is 9.84 Å². The van der Waals surface area contributed by atoms with Crippen LogP contribution in [0.25, 0.3) is 0 Å². The Morgan fingerprint density at radius 2 is 1.72 bits per heavy atom. The van der Waals surface area contributed by atoms with Gasteiger partial charge >= 0.3 is 0 Å². The molecule has 43 heavy (non-hydrogen) atoms. The number of nitrogens with zero attached hydrogens (tertiary/aromatic N) is 1. The van der Waals surface area contributed by atoms with Gasteiger partial charge < -0.3 is 25.3 Å². The maximum atomic E-state index is 14.0. The van der Waals surface area contributed by atoms with E-state index < -0.39 is 39.5 Å². The van der Waals surface area contributed by atoms with Gasteiger partial charge in [0, 0.05) is 36.5 Å². The number of hydrogen-bond donors (Lipinski definition) is 3. The molecule has 3 aromatic rings. The van der Waals surface area contributed by atoms with Crippen LogP contribution in [-0.4, -0.2) is 63.8 Å². The van der Waals surface area contributed by atoms with Crippen molar-refractivity contribution < 1.29 is 36.7 Å². The normalized spacial score (nSPS) is 13.3. The lowest BCUT2D eigenvalue weighted by Gasteiger charge is -2.25. The Bertz CT molecular complexity index is 1530. The largest absolute Gasteiger partial charge is 0.497 e. The first-order chi connectivity index (χ1) is 20.4. The molecule has 1 amide bonds. The number of ether oxygens (including phenoxy) is 1. The number of nitrogens with one attached hydrogen (secondary N) is 2. The van der Waals surface area contributed by atoms with Crippen molar-refractivity contribution >= 4 is 21.5 Å². The Labute approximate surface area is 250 Å². The second kappa shape index (κ2) is 15.6. The number of sulfone groups is 1. The Balaban J connectivity index is 1.87. The van der Waals surface area contributed by atoms with E-state index in [-0.39, 0.29) is 29.0 Å². The standard InChI is InChI=1S/C31H37F2N3O6S/c1-5-9-42-36-20(2)23-14-24(16-28(15-23)43(4,39)40)31(38)35-29(13-22-10-25(32)17-26(33)11-22)30(37)19-34-18-21-7-6-8-27(12-21)41-3/h6-8,10-12,14-17,29-30,34,37H,5,9,13,18-19H2,1-4H3,(H,35,38)/t29-,30+/m0/s1. The Morgan fingerprint density at radius 3 is 2.37 bits per heavy atom. The summed E-state index contributed by atoms with van der Waals surface area (Å²) in [4.78, 5) is 18.6. The molecule has 0 unspecified atom stereocenters. The first kappa shape index (κ1) is 33.6. The number of carbonyl (C=O) groups is 1. The van der Waals surface area contributed by atoms with Crippen molar-refractivity contribution in [1.82, 2.24) is 10.6 Å². The minimum atomic E-state index is -3.71. The van der Waals surface area contributed by atoms with Gasteiger partial charge in [-0.3, -0.25) is 4.79 Å². The number of methoxy groups -OCH3 is 1. The topological polar surface area (TPSA) is 126 Å². The number of oxime groups is 1. The van der Waals surface area contributed by atoms with Gasteiger partial charge in [0.05, 0.1) is 29.9 Å². The summed E-state index contributed by atoms with van der Waals surface area (Å²) in [5.41, 5.74) is 1.82. The summed E-state index contributed by atoms with van der Waals surface area (Å²) in [7, 11) is -2.16. The van der Waals surface area contributed by atoms with Crippen molar-refractivity contribution in [3.05, 3.63) is 94.6 Å². The molecule has 3 rings (SSSR count). The van der Waals surface area contributed by atoms with Crippen LogP contribution in [0.4, 0.5) is 8.78 Å². The zero-order valence-corrected chi connectivity index (χ0v) is 25.4. The molecule has 2 atom stereocenters. The number of amides is 1. The molecule has 0 radical (unpaired) electrons. The van der Waals surface area contributed by atoms with Crippen molar-refractivity contribution in [3.63, 3.8) is 0 Å². The molecule has 3 N–H and O–H groups in total.